The van der Waals surface area contributed by atoms with Crippen molar-refractivity contribution in [1.82, 2.24) is 24.3 Å². The molecule has 1 aliphatic heterocycles. The lowest BCUT2D eigenvalue weighted by Gasteiger charge is -2.34. The zero-order chi connectivity index (χ0) is 24.1. The Bertz CT molecular complexity index is 1250. The van der Waals surface area contributed by atoms with E-state index >= 15 is 0 Å². The van der Waals surface area contributed by atoms with Crippen molar-refractivity contribution in [1.29, 1.82) is 0 Å². The topological polar surface area (TPSA) is 107 Å². The number of amides is 2. The van der Waals surface area contributed by atoms with Crippen molar-refractivity contribution in [2.75, 3.05) is 47.0 Å². The van der Waals surface area contributed by atoms with Gasteiger partial charge >= 0.3 is 0 Å². The summed E-state index contributed by atoms with van der Waals surface area (Å²) in [7, 11) is 3.15. The third-order valence-electron chi connectivity index (χ3n) is 5.81. The number of carbonyl (C=O) groups excluding carboxylic acids is 2. The van der Waals surface area contributed by atoms with Gasteiger partial charge in [0.25, 0.3) is 17.4 Å². The normalized spacial score (nSPS) is 13.8. The number of rotatable bonds is 7. The summed E-state index contributed by atoms with van der Waals surface area (Å²) >= 11 is 0. The van der Waals surface area contributed by atoms with Crippen LogP contribution in [0.1, 0.15) is 27.3 Å². The Morgan fingerprint density at radius 1 is 1.00 bits per heavy atom. The number of hydrogen-bond acceptors (Lipinski definition) is 7. The maximum atomic E-state index is 13.3. The van der Waals surface area contributed by atoms with E-state index in [-0.39, 0.29) is 11.6 Å². The van der Waals surface area contributed by atoms with Gasteiger partial charge in [-0.2, -0.15) is 0 Å². The minimum Gasteiger partial charge on any atom is -0.497 e. The maximum absolute atomic E-state index is 13.3. The van der Waals surface area contributed by atoms with Crippen LogP contribution >= 0.6 is 0 Å². The molecule has 3 heterocycles. The highest BCUT2D eigenvalue weighted by molar-refractivity contribution is 5.96. The van der Waals surface area contributed by atoms with Gasteiger partial charge in [0.2, 0.25) is 0 Å². The van der Waals surface area contributed by atoms with Gasteiger partial charge in [-0.15, -0.1) is 0 Å². The molecule has 1 fully saturated rings. The molecule has 178 valence electrons. The summed E-state index contributed by atoms with van der Waals surface area (Å²) in [5.41, 5.74) is 0.845. The summed E-state index contributed by atoms with van der Waals surface area (Å²) in [6.45, 7) is 2.19. The number of methoxy groups -OCH3 is 2. The molecule has 0 bridgehead atoms. The van der Waals surface area contributed by atoms with Gasteiger partial charge in [0.15, 0.2) is 11.3 Å². The van der Waals surface area contributed by atoms with Gasteiger partial charge in [-0.25, -0.2) is 9.97 Å². The van der Waals surface area contributed by atoms with Crippen LogP contribution < -0.4 is 10.3 Å². The van der Waals surface area contributed by atoms with Crippen molar-refractivity contribution in [3.63, 3.8) is 0 Å². The van der Waals surface area contributed by atoms with Crippen LogP contribution in [0, 0.1) is 0 Å². The fraction of sp³-hybridized carbons (Fsp3) is 0.375. The van der Waals surface area contributed by atoms with E-state index in [2.05, 4.69) is 9.97 Å². The Labute approximate surface area is 196 Å². The van der Waals surface area contributed by atoms with Gasteiger partial charge in [0.05, 0.1) is 7.11 Å². The van der Waals surface area contributed by atoms with E-state index < -0.39 is 11.5 Å². The lowest BCUT2D eigenvalue weighted by molar-refractivity contribution is 0.0531. The van der Waals surface area contributed by atoms with Gasteiger partial charge in [0, 0.05) is 58.2 Å². The Hall–Kier alpha value is -3.79. The zero-order valence-electron chi connectivity index (χ0n) is 19.3. The van der Waals surface area contributed by atoms with E-state index in [1.807, 2.05) is 0 Å². The number of carbonyl (C=O) groups is 2. The standard InChI is InChI=1S/C24H27N5O5/c1-33-15-5-10-29-21-19(8-4-9-25-21)26-20(24(29)32)23(31)28-13-11-27(12-14-28)22(30)17-6-3-7-18(16-17)34-2/h3-4,6-9,16H,5,10-15H2,1-2H3. The first-order chi connectivity index (χ1) is 16.5. The lowest BCUT2D eigenvalue weighted by Crippen LogP contribution is -2.51. The first-order valence-electron chi connectivity index (χ1n) is 11.1. The van der Waals surface area contributed by atoms with E-state index in [1.54, 1.807) is 66.6 Å². The number of fused-ring (bicyclic) bond motifs is 1. The van der Waals surface area contributed by atoms with Crippen LogP contribution in [0.15, 0.2) is 47.4 Å². The monoisotopic (exact) mass is 465 g/mol. The summed E-state index contributed by atoms with van der Waals surface area (Å²) in [6, 6.07) is 10.4. The van der Waals surface area contributed by atoms with Crippen molar-refractivity contribution in [2.24, 2.45) is 0 Å². The predicted octanol–water partition coefficient (Wildman–Crippen LogP) is 1.43. The highest BCUT2D eigenvalue weighted by atomic mass is 16.5. The SMILES string of the molecule is COCCCn1c(=O)c(C(=O)N2CCN(C(=O)c3cccc(OC)c3)CC2)nc2cccnc21. The third-order valence-corrected chi connectivity index (χ3v) is 5.81. The Morgan fingerprint density at radius 2 is 1.74 bits per heavy atom. The largest absolute Gasteiger partial charge is 0.497 e. The second-order valence-electron chi connectivity index (χ2n) is 7.93. The average Bonchev–Trinajstić information content (AvgIpc) is 2.89. The molecule has 0 aliphatic carbocycles. The third kappa shape index (κ3) is 4.76. The fourth-order valence-corrected chi connectivity index (χ4v) is 3.99. The first kappa shape index (κ1) is 23.4. The average molecular weight is 466 g/mol. The number of piperazine rings is 1. The number of nitrogens with zero attached hydrogens (tertiary/aromatic N) is 5. The molecule has 0 saturated carbocycles. The van der Waals surface area contributed by atoms with Crippen molar-refractivity contribution in [2.45, 2.75) is 13.0 Å². The number of aryl methyl sites for hydroxylation is 1. The van der Waals surface area contributed by atoms with E-state index in [9.17, 15) is 14.4 Å². The van der Waals surface area contributed by atoms with E-state index in [0.29, 0.717) is 68.2 Å². The molecule has 0 N–H and O–H groups in total. The Kier molecular flexibility index (Phi) is 7.17. The van der Waals surface area contributed by atoms with Gasteiger partial charge in [-0.1, -0.05) is 6.07 Å². The van der Waals surface area contributed by atoms with Crippen molar-refractivity contribution in [3.05, 3.63) is 64.2 Å². The number of hydrogen-bond donors (Lipinski definition) is 0. The Morgan fingerprint density at radius 3 is 2.44 bits per heavy atom. The molecule has 10 nitrogen and oxygen atoms in total. The van der Waals surface area contributed by atoms with Crippen molar-refractivity contribution >= 4 is 23.0 Å². The molecule has 34 heavy (non-hydrogen) atoms. The number of benzene rings is 1. The highest BCUT2D eigenvalue weighted by Gasteiger charge is 2.28. The molecule has 10 heteroatoms. The molecule has 2 amide bonds. The molecule has 4 rings (SSSR count). The molecule has 1 aliphatic rings. The Balaban J connectivity index is 1.51. The van der Waals surface area contributed by atoms with Crippen LogP contribution in [-0.2, 0) is 11.3 Å². The highest BCUT2D eigenvalue weighted by Crippen LogP contribution is 2.16. The van der Waals surface area contributed by atoms with Gasteiger partial charge in [0.1, 0.15) is 11.3 Å². The summed E-state index contributed by atoms with van der Waals surface area (Å²) in [5.74, 6) is 0.0458. The summed E-state index contributed by atoms with van der Waals surface area (Å²) in [5, 5.41) is 0. The van der Waals surface area contributed by atoms with Gasteiger partial charge in [-0.3, -0.25) is 19.0 Å². The quantitative estimate of drug-likeness (QED) is 0.486. The first-order valence-corrected chi connectivity index (χ1v) is 11.1. The van der Waals surface area contributed by atoms with E-state index in [1.165, 1.54) is 4.57 Å². The minimum atomic E-state index is -0.470. The maximum Gasteiger partial charge on any atom is 0.283 e. The number of ether oxygens (including phenoxy) is 2. The molecular formula is C24H27N5O5. The van der Waals surface area contributed by atoms with Gasteiger partial charge < -0.3 is 19.3 Å². The van der Waals surface area contributed by atoms with E-state index in [0.717, 1.165) is 0 Å². The molecule has 0 atom stereocenters. The zero-order valence-corrected chi connectivity index (χ0v) is 19.3. The van der Waals surface area contributed by atoms with Crippen LogP contribution in [0.4, 0.5) is 0 Å². The van der Waals surface area contributed by atoms with Crippen molar-refractivity contribution in [3.8, 4) is 5.75 Å². The second kappa shape index (κ2) is 10.4. The predicted molar refractivity (Wildman–Crippen MR) is 125 cm³/mol. The minimum absolute atomic E-state index is 0.124. The molecule has 0 unspecified atom stereocenters. The molecule has 3 aromatic rings. The van der Waals surface area contributed by atoms with Crippen LogP contribution in [0.3, 0.4) is 0 Å². The summed E-state index contributed by atoms with van der Waals surface area (Å²) < 4.78 is 11.8. The molecule has 1 aromatic carbocycles. The molecule has 2 aromatic heterocycles. The fourth-order valence-electron chi connectivity index (χ4n) is 3.99. The summed E-state index contributed by atoms with van der Waals surface area (Å²) in [4.78, 5) is 51.2. The molecule has 1 saturated heterocycles. The van der Waals surface area contributed by atoms with E-state index in [4.69, 9.17) is 9.47 Å². The number of aromatic nitrogens is 3. The lowest BCUT2D eigenvalue weighted by atomic mass is 10.1. The van der Waals surface area contributed by atoms with Crippen LogP contribution in [-0.4, -0.2) is 83.2 Å². The van der Waals surface area contributed by atoms with Crippen molar-refractivity contribution < 1.29 is 19.1 Å². The van der Waals surface area contributed by atoms with Crippen LogP contribution in [0.5, 0.6) is 5.75 Å². The second-order valence-corrected chi connectivity index (χ2v) is 7.93. The van der Waals surface area contributed by atoms with Crippen LogP contribution in [0.25, 0.3) is 11.2 Å². The molecule has 0 spiro atoms. The molecule has 0 radical (unpaired) electrons. The van der Waals surface area contributed by atoms with Crippen LogP contribution in [0.2, 0.25) is 0 Å². The summed E-state index contributed by atoms with van der Waals surface area (Å²) in [6.07, 6.45) is 2.20. The number of pyridine rings is 1. The van der Waals surface area contributed by atoms with Gasteiger partial charge in [-0.05, 0) is 36.8 Å². The smallest absolute Gasteiger partial charge is 0.283 e. The molecular weight excluding hydrogens is 438 g/mol.